The van der Waals surface area contributed by atoms with E-state index in [4.69, 9.17) is 0 Å². The monoisotopic (exact) mass is 444 g/mol. The lowest BCUT2D eigenvalue weighted by Crippen LogP contribution is -2.16. The second kappa shape index (κ2) is 8.29. The maximum atomic E-state index is 12.1. The van der Waals surface area contributed by atoms with Crippen molar-refractivity contribution in [2.45, 2.75) is 16.2 Å². The third-order valence-corrected chi connectivity index (χ3v) is 5.86. The standard InChI is InChI=1S/C17H16O10S2/c1-26-16(18)10-5-3-7-14(28(20,21)22)12(10)9-13-11(17(19)27-2)6-4-8-15(13)29(23,24)25/h3-8H,9H2,1-2H3,(H,20,21,22)(H,23,24,25). The second-order valence-corrected chi connectivity index (χ2v) is 8.45. The molecule has 0 spiro atoms. The summed E-state index contributed by atoms with van der Waals surface area (Å²) < 4.78 is 75.5. The predicted molar refractivity (Wildman–Crippen MR) is 98.0 cm³/mol. The minimum atomic E-state index is -4.84. The summed E-state index contributed by atoms with van der Waals surface area (Å²) in [5.74, 6) is -1.93. The Kier molecular flexibility index (Phi) is 6.43. The van der Waals surface area contributed by atoms with Crippen LogP contribution < -0.4 is 0 Å². The van der Waals surface area contributed by atoms with E-state index in [1.54, 1.807) is 0 Å². The zero-order chi connectivity index (χ0) is 22.0. The molecule has 0 saturated heterocycles. The van der Waals surface area contributed by atoms with E-state index >= 15 is 0 Å². The molecule has 0 aliphatic heterocycles. The third-order valence-electron chi connectivity index (χ3n) is 3.99. The zero-order valence-corrected chi connectivity index (χ0v) is 16.8. The zero-order valence-electron chi connectivity index (χ0n) is 15.1. The molecule has 0 fully saturated rings. The Morgan fingerprint density at radius 2 is 1.10 bits per heavy atom. The van der Waals surface area contributed by atoms with Gasteiger partial charge in [-0.2, -0.15) is 16.8 Å². The molecule has 0 unspecified atom stereocenters. The number of rotatable bonds is 6. The Labute approximate surface area is 166 Å². The van der Waals surface area contributed by atoms with Gasteiger partial charge in [-0.05, 0) is 35.4 Å². The minimum absolute atomic E-state index is 0.288. The van der Waals surface area contributed by atoms with Crippen molar-refractivity contribution in [1.29, 1.82) is 0 Å². The van der Waals surface area contributed by atoms with Crippen molar-refractivity contribution in [2.24, 2.45) is 0 Å². The van der Waals surface area contributed by atoms with Gasteiger partial charge in [-0.15, -0.1) is 0 Å². The highest BCUT2D eigenvalue weighted by Crippen LogP contribution is 2.29. The van der Waals surface area contributed by atoms with Crippen LogP contribution in [-0.4, -0.2) is 52.1 Å². The molecule has 2 aromatic rings. The van der Waals surface area contributed by atoms with Gasteiger partial charge in [0.05, 0.1) is 35.1 Å². The van der Waals surface area contributed by atoms with Crippen molar-refractivity contribution >= 4 is 32.2 Å². The number of methoxy groups -OCH3 is 2. The quantitative estimate of drug-likeness (QED) is 0.491. The molecule has 29 heavy (non-hydrogen) atoms. The van der Waals surface area contributed by atoms with Gasteiger partial charge in [0.15, 0.2) is 0 Å². The van der Waals surface area contributed by atoms with Gasteiger partial charge in [0.1, 0.15) is 0 Å². The summed E-state index contributed by atoms with van der Waals surface area (Å²) in [6.45, 7) is 0. The van der Waals surface area contributed by atoms with Gasteiger partial charge in [0.25, 0.3) is 20.2 Å². The van der Waals surface area contributed by atoms with Crippen molar-refractivity contribution in [3.05, 3.63) is 58.7 Å². The van der Waals surface area contributed by atoms with Crippen LogP contribution >= 0.6 is 0 Å². The summed E-state index contributed by atoms with van der Waals surface area (Å²) >= 11 is 0. The largest absolute Gasteiger partial charge is 0.465 e. The van der Waals surface area contributed by atoms with Crippen molar-refractivity contribution in [2.75, 3.05) is 14.2 Å². The Morgan fingerprint density at radius 1 is 0.759 bits per heavy atom. The second-order valence-electron chi connectivity index (χ2n) is 5.67. The summed E-state index contributed by atoms with van der Waals surface area (Å²) in [7, 11) is -7.60. The number of benzene rings is 2. The molecule has 0 aliphatic carbocycles. The highest BCUT2D eigenvalue weighted by atomic mass is 32.2. The molecule has 0 amide bonds. The van der Waals surface area contributed by atoms with Crippen LogP contribution in [0.5, 0.6) is 0 Å². The average Bonchev–Trinajstić information content (AvgIpc) is 2.65. The van der Waals surface area contributed by atoms with Crippen LogP contribution in [0.25, 0.3) is 0 Å². The van der Waals surface area contributed by atoms with Crippen molar-refractivity contribution < 1.29 is 45.0 Å². The Hall–Kier alpha value is -2.80. The van der Waals surface area contributed by atoms with Crippen LogP contribution in [0.15, 0.2) is 46.2 Å². The smallest absolute Gasteiger partial charge is 0.338 e. The molecule has 10 nitrogen and oxygen atoms in total. The normalized spacial score (nSPS) is 11.7. The Morgan fingerprint density at radius 3 is 1.38 bits per heavy atom. The van der Waals surface area contributed by atoms with E-state index in [0.717, 1.165) is 26.4 Å². The lowest BCUT2D eigenvalue weighted by Gasteiger charge is -2.16. The van der Waals surface area contributed by atoms with E-state index in [2.05, 4.69) is 9.47 Å². The number of carbonyl (C=O) groups excluding carboxylic acids is 2. The number of ether oxygens (including phenoxy) is 2. The average molecular weight is 444 g/mol. The van der Waals surface area contributed by atoms with Gasteiger partial charge in [-0.3, -0.25) is 9.11 Å². The summed E-state index contributed by atoms with van der Waals surface area (Å²) in [5.41, 5.74) is -1.24. The molecule has 0 bridgehead atoms. The first-order valence-corrected chi connectivity index (χ1v) is 10.6. The summed E-state index contributed by atoms with van der Waals surface area (Å²) in [6, 6.07) is 6.73. The summed E-state index contributed by atoms with van der Waals surface area (Å²) in [6.07, 6.45) is -0.638. The van der Waals surface area contributed by atoms with E-state index in [1.807, 2.05) is 0 Å². The van der Waals surface area contributed by atoms with Gasteiger partial charge in [0, 0.05) is 6.42 Å². The predicted octanol–water partition coefficient (Wildman–Crippen LogP) is 1.34. The van der Waals surface area contributed by atoms with Gasteiger partial charge in [0.2, 0.25) is 0 Å². The Balaban J connectivity index is 2.90. The van der Waals surface area contributed by atoms with Crippen molar-refractivity contribution in [3.8, 4) is 0 Å². The topological polar surface area (TPSA) is 161 Å². The molecule has 0 saturated carbocycles. The van der Waals surface area contributed by atoms with Crippen molar-refractivity contribution in [1.82, 2.24) is 0 Å². The molecule has 12 heteroatoms. The molecule has 2 aromatic carbocycles. The Bertz CT molecular complexity index is 1090. The van der Waals surface area contributed by atoms with E-state index < -0.39 is 48.4 Å². The number of esters is 2. The summed E-state index contributed by atoms with van der Waals surface area (Å²) in [5, 5.41) is 0. The van der Waals surface area contributed by atoms with E-state index in [-0.39, 0.29) is 22.3 Å². The SMILES string of the molecule is COC(=O)c1cccc(S(=O)(=O)O)c1Cc1c(C(=O)OC)cccc1S(=O)(=O)O. The van der Waals surface area contributed by atoms with Crippen LogP contribution in [0.2, 0.25) is 0 Å². The maximum absolute atomic E-state index is 12.1. The first-order valence-electron chi connectivity index (χ1n) is 7.77. The van der Waals surface area contributed by atoms with Crippen LogP contribution in [0, 0.1) is 0 Å². The fourth-order valence-corrected chi connectivity index (χ4v) is 4.25. The van der Waals surface area contributed by atoms with Crippen LogP contribution in [0.3, 0.4) is 0 Å². The molecule has 0 radical (unpaired) electrons. The van der Waals surface area contributed by atoms with Crippen LogP contribution in [0.1, 0.15) is 31.8 Å². The van der Waals surface area contributed by atoms with Crippen molar-refractivity contribution in [3.63, 3.8) is 0 Å². The van der Waals surface area contributed by atoms with E-state index in [0.29, 0.717) is 0 Å². The van der Waals surface area contributed by atoms with E-state index in [1.165, 1.54) is 24.3 Å². The van der Waals surface area contributed by atoms with Crippen LogP contribution in [0.4, 0.5) is 0 Å². The molecule has 2 N–H and O–H groups in total. The molecule has 0 aliphatic rings. The highest BCUT2D eigenvalue weighted by molar-refractivity contribution is 7.86. The summed E-state index contributed by atoms with van der Waals surface area (Å²) in [4.78, 5) is 22.8. The first-order chi connectivity index (χ1) is 13.4. The van der Waals surface area contributed by atoms with Gasteiger partial charge in [-0.1, -0.05) is 12.1 Å². The van der Waals surface area contributed by atoms with Gasteiger partial charge in [-0.25, -0.2) is 9.59 Å². The molecule has 0 atom stereocenters. The number of hydrogen-bond donors (Lipinski definition) is 2. The van der Waals surface area contributed by atoms with E-state index in [9.17, 15) is 35.5 Å². The maximum Gasteiger partial charge on any atom is 0.338 e. The molecular formula is C17H16O10S2. The third kappa shape index (κ3) is 4.79. The fraction of sp³-hybridized carbons (Fsp3) is 0.176. The van der Waals surface area contributed by atoms with Crippen LogP contribution in [-0.2, 0) is 36.1 Å². The molecule has 0 aromatic heterocycles. The molecule has 0 heterocycles. The first kappa shape index (κ1) is 22.5. The molecule has 2 rings (SSSR count). The fourth-order valence-electron chi connectivity index (χ4n) is 2.76. The number of carbonyl (C=O) groups is 2. The molecule has 156 valence electrons. The molecular weight excluding hydrogens is 428 g/mol. The van der Waals surface area contributed by atoms with Gasteiger partial charge < -0.3 is 9.47 Å². The lowest BCUT2D eigenvalue weighted by molar-refractivity contribution is 0.0592. The number of hydrogen-bond acceptors (Lipinski definition) is 8. The highest BCUT2D eigenvalue weighted by Gasteiger charge is 2.28. The minimum Gasteiger partial charge on any atom is -0.465 e. The van der Waals surface area contributed by atoms with Gasteiger partial charge >= 0.3 is 11.9 Å². The lowest BCUT2D eigenvalue weighted by atomic mass is 9.96.